The summed E-state index contributed by atoms with van der Waals surface area (Å²) in [4.78, 5) is 18.1. The Bertz CT molecular complexity index is 564. The van der Waals surface area contributed by atoms with Crippen molar-refractivity contribution in [2.75, 3.05) is 40.4 Å². The number of carbonyl (C=O) groups is 1. The van der Waals surface area contributed by atoms with Gasteiger partial charge in [-0.15, -0.1) is 0 Å². The molecule has 1 saturated heterocycles. The van der Waals surface area contributed by atoms with Gasteiger partial charge in [0.15, 0.2) is 5.96 Å². The molecule has 1 aromatic rings. The zero-order valence-corrected chi connectivity index (χ0v) is 15.5. The Hall–Kier alpha value is -2.08. The number of hydrogen-bond acceptors (Lipinski definition) is 4. The van der Waals surface area contributed by atoms with E-state index in [2.05, 4.69) is 15.2 Å². The number of aliphatic imine (C=N–C) groups is 1. The molecule has 1 heterocycles. The number of likely N-dealkylation sites (tertiary alicyclic amines) is 1. The standard InChI is InChI=1S/C19H29N3O3/c1-4-25-17-10-13-22(14-11-17)19(20-2)21-12-9-15-5-7-16(8-6-15)18(23)24-3/h5-8,17H,4,9-14H2,1-3H3,(H,20,21). The van der Waals surface area contributed by atoms with Gasteiger partial charge in [-0.1, -0.05) is 12.1 Å². The summed E-state index contributed by atoms with van der Waals surface area (Å²) in [6.07, 6.45) is 3.34. The number of nitrogens with one attached hydrogen (secondary N) is 1. The summed E-state index contributed by atoms with van der Waals surface area (Å²) < 4.78 is 10.4. The Labute approximate surface area is 150 Å². The van der Waals surface area contributed by atoms with Crippen molar-refractivity contribution in [1.29, 1.82) is 0 Å². The van der Waals surface area contributed by atoms with E-state index in [9.17, 15) is 4.79 Å². The number of esters is 1. The van der Waals surface area contributed by atoms with Gasteiger partial charge in [-0.3, -0.25) is 4.99 Å². The average molecular weight is 347 g/mol. The number of piperidine rings is 1. The average Bonchev–Trinajstić information content (AvgIpc) is 2.66. The second-order valence-electron chi connectivity index (χ2n) is 6.05. The number of hydrogen-bond donors (Lipinski definition) is 1. The summed E-state index contributed by atoms with van der Waals surface area (Å²) in [5.74, 6) is 0.640. The molecule has 6 heteroatoms. The zero-order valence-electron chi connectivity index (χ0n) is 15.5. The largest absolute Gasteiger partial charge is 0.465 e. The van der Waals surface area contributed by atoms with Gasteiger partial charge in [0.05, 0.1) is 18.8 Å². The highest BCUT2D eigenvalue weighted by Crippen LogP contribution is 2.13. The first kappa shape index (κ1) is 19.2. The molecule has 1 aromatic carbocycles. The predicted octanol–water partition coefficient (Wildman–Crippen LogP) is 2.09. The minimum atomic E-state index is -0.305. The Morgan fingerprint density at radius 3 is 2.52 bits per heavy atom. The van der Waals surface area contributed by atoms with Crippen molar-refractivity contribution < 1.29 is 14.3 Å². The van der Waals surface area contributed by atoms with Gasteiger partial charge in [0, 0.05) is 33.3 Å². The number of nitrogens with zero attached hydrogens (tertiary/aromatic N) is 2. The molecule has 0 amide bonds. The first-order chi connectivity index (χ1) is 12.2. The molecule has 6 nitrogen and oxygen atoms in total. The SMILES string of the molecule is CCOC1CCN(C(=NC)NCCc2ccc(C(=O)OC)cc2)CC1. The van der Waals surface area contributed by atoms with Crippen molar-refractivity contribution in [3.63, 3.8) is 0 Å². The van der Waals surface area contributed by atoms with E-state index in [1.807, 2.05) is 26.1 Å². The van der Waals surface area contributed by atoms with E-state index in [4.69, 9.17) is 9.47 Å². The molecule has 25 heavy (non-hydrogen) atoms. The minimum absolute atomic E-state index is 0.305. The van der Waals surface area contributed by atoms with Crippen LogP contribution in [0.3, 0.4) is 0 Å². The molecule has 1 aliphatic heterocycles. The van der Waals surface area contributed by atoms with Crippen LogP contribution in [0.4, 0.5) is 0 Å². The topological polar surface area (TPSA) is 63.2 Å². The van der Waals surface area contributed by atoms with Gasteiger partial charge in [-0.2, -0.15) is 0 Å². The van der Waals surface area contributed by atoms with Crippen molar-refractivity contribution >= 4 is 11.9 Å². The second-order valence-corrected chi connectivity index (χ2v) is 6.05. The molecule has 2 rings (SSSR count). The predicted molar refractivity (Wildman–Crippen MR) is 99.1 cm³/mol. The lowest BCUT2D eigenvalue weighted by atomic mass is 10.1. The van der Waals surface area contributed by atoms with Crippen LogP contribution in [-0.2, 0) is 15.9 Å². The Morgan fingerprint density at radius 2 is 1.96 bits per heavy atom. The maximum atomic E-state index is 11.4. The third-order valence-corrected chi connectivity index (χ3v) is 4.43. The highest BCUT2D eigenvalue weighted by atomic mass is 16.5. The lowest BCUT2D eigenvalue weighted by Gasteiger charge is -2.34. The molecule has 0 saturated carbocycles. The maximum Gasteiger partial charge on any atom is 0.337 e. The first-order valence-electron chi connectivity index (χ1n) is 8.92. The summed E-state index contributed by atoms with van der Waals surface area (Å²) in [6, 6.07) is 7.53. The number of rotatable bonds is 6. The molecular weight excluding hydrogens is 318 g/mol. The van der Waals surface area contributed by atoms with E-state index in [1.54, 1.807) is 12.1 Å². The molecule has 0 unspecified atom stereocenters. The third kappa shape index (κ3) is 5.74. The van der Waals surface area contributed by atoms with Crippen molar-refractivity contribution in [2.24, 2.45) is 4.99 Å². The van der Waals surface area contributed by atoms with Gasteiger partial charge in [0.1, 0.15) is 0 Å². The summed E-state index contributed by atoms with van der Waals surface area (Å²) in [7, 11) is 3.21. The molecule has 0 atom stereocenters. The van der Waals surface area contributed by atoms with Crippen molar-refractivity contribution in [3.8, 4) is 0 Å². The lowest BCUT2D eigenvalue weighted by Crippen LogP contribution is -2.47. The molecular formula is C19H29N3O3. The zero-order chi connectivity index (χ0) is 18.1. The molecule has 138 valence electrons. The fraction of sp³-hybridized carbons (Fsp3) is 0.579. The van der Waals surface area contributed by atoms with Crippen molar-refractivity contribution in [2.45, 2.75) is 32.3 Å². The van der Waals surface area contributed by atoms with Crippen LogP contribution in [0, 0.1) is 0 Å². The number of carbonyl (C=O) groups excluding carboxylic acids is 1. The van der Waals surface area contributed by atoms with Crippen LogP contribution in [0.5, 0.6) is 0 Å². The van der Waals surface area contributed by atoms with E-state index in [0.717, 1.165) is 51.5 Å². The van der Waals surface area contributed by atoms with Crippen molar-refractivity contribution in [1.82, 2.24) is 10.2 Å². The van der Waals surface area contributed by atoms with Gasteiger partial charge in [-0.25, -0.2) is 4.79 Å². The van der Waals surface area contributed by atoms with Gasteiger partial charge in [-0.05, 0) is 43.9 Å². The second kappa shape index (κ2) is 10.0. The quantitative estimate of drug-likeness (QED) is 0.485. The van der Waals surface area contributed by atoms with Crippen LogP contribution < -0.4 is 5.32 Å². The van der Waals surface area contributed by atoms with Crippen LogP contribution in [0.25, 0.3) is 0 Å². The van der Waals surface area contributed by atoms with Crippen molar-refractivity contribution in [3.05, 3.63) is 35.4 Å². The summed E-state index contributed by atoms with van der Waals surface area (Å²) in [5.41, 5.74) is 1.75. The molecule has 1 N–H and O–H groups in total. The van der Waals surface area contributed by atoms with Crippen LogP contribution in [0.15, 0.2) is 29.3 Å². The monoisotopic (exact) mass is 347 g/mol. The third-order valence-electron chi connectivity index (χ3n) is 4.43. The minimum Gasteiger partial charge on any atom is -0.465 e. The molecule has 0 spiro atoms. The van der Waals surface area contributed by atoms with E-state index < -0.39 is 0 Å². The van der Waals surface area contributed by atoms with Crippen LogP contribution in [0.1, 0.15) is 35.7 Å². The molecule has 0 aliphatic carbocycles. The number of ether oxygens (including phenoxy) is 2. The van der Waals surface area contributed by atoms with Crippen LogP contribution >= 0.6 is 0 Å². The Kier molecular flexibility index (Phi) is 7.73. The molecule has 0 bridgehead atoms. The van der Waals surface area contributed by atoms with E-state index in [1.165, 1.54) is 12.7 Å². The van der Waals surface area contributed by atoms with Gasteiger partial charge >= 0.3 is 5.97 Å². The van der Waals surface area contributed by atoms with Crippen LogP contribution in [-0.4, -0.2) is 63.3 Å². The van der Waals surface area contributed by atoms with Gasteiger partial charge < -0.3 is 19.7 Å². The van der Waals surface area contributed by atoms with E-state index in [-0.39, 0.29) is 5.97 Å². The molecule has 1 aliphatic rings. The highest BCUT2D eigenvalue weighted by Gasteiger charge is 2.21. The van der Waals surface area contributed by atoms with Crippen LogP contribution in [0.2, 0.25) is 0 Å². The fourth-order valence-electron chi connectivity index (χ4n) is 3.05. The number of guanidine groups is 1. The summed E-state index contributed by atoms with van der Waals surface area (Å²) >= 11 is 0. The maximum absolute atomic E-state index is 11.4. The lowest BCUT2D eigenvalue weighted by molar-refractivity contribution is 0.0264. The highest BCUT2D eigenvalue weighted by molar-refractivity contribution is 5.89. The molecule has 0 radical (unpaired) electrons. The Morgan fingerprint density at radius 1 is 1.28 bits per heavy atom. The Balaban J connectivity index is 1.77. The smallest absolute Gasteiger partial charge is 0.337 e. The summed E-state index contributed by atoms with van der Waals surface area (Å²) in [5, 5.41) is 3.43. The normalized spacial score (nSPS) is 16.0. The van der Waals surface area contributed by atoms with Gasteiger partial charge in [0.2, 0.25) is 0 Å². The van der Waals surface area contributed by atoms with Gasteiger partial charge in [0.25, 0.3) is 0 Å². The van der Waals surface area contributed by atoms with E-state index >= 15 is 0 Å². The summed E-state index contributed by atoms with van der Waals surface area (Å²) in [6.45, 7) is 5.57. The fourth-order valence-corrected chi connectivity index (χ4v) is 3.05. The number of methoxy groups -OCH3 is 1. The first-order valence-corrected chi connectivity index (χ1v) is 8.92. The molecule has 0 aromatic heterocycles. The van der Waals surface area contributed by atoms with E-state index in [0.29, 0.717) is 11.7 Å². The molecule has 1 fully saturated rings. The number of benzene rings is 1.